The van der Waals surface area contributed by atoms with E-state index in [1.807, 2.05) is 36.4 Å². The van der Waals surface area contributed by atoms with Gasteiger partial charge in [0.15, 0.2) is 0 Å². The smallest absolute Gasteiger partial charge is 0.214 e. The first-order valence-electron chi connectivity index (χ1n) is 12.9. The third-order valence-electron chi connectivity index (χ3n) is 7.14. The van der Waals surface area contributed by atoms with Gasteiger partial charge in [-0.05, 0) is 74.6 Å². The summed E-state index contributed by atoms with van der Waals surface area (Å²) in [6, 6.07) is 13.9. The van der Waals surface area contributed by atoms with E-state index in [4.69, 9.17) is 23.2 Å². The molecule has 4 rings (SSSR count). The Balaban J connectivity index is 1.38. The van der Waals surface area contributed by atoms with Gasteiger partial charge in [-0.2, -0.15) is 0 Å². The normalized spacial score (nSPS) is 21.0. The van der Waals surface area contributed by atoms with Crippen molar-refractivity contribution in [3.63, 3.8) is 0 Å². The molecule has 36 heavy (non-hydrogen) atoms. The zero-order valence-corrected chi connectivity index (χ0v) is 22.6. The van der Waals surface area contributed by atoms with E-state index in [1.165, 1.54) is 19.3 Å². The second kappa shape index (κ2) is 12.8. The summed E-state index contributed by atoms with van der Waals surface area (Å²) in [7, 11) is 0. The monoisotopic (exact) mass is 529 g/mol. The summed E-state index contributed by atoms with van der Waals surface area (Å²) >= 11 is 12.3. The Morgan fingerprint density at radius 1 is 1.17 bits per heavy atom. The first-order chi connectivity index (χ1) is 17.4. The van der Waals surface area contributed by atoms with E-state index < -0.39 is 0 Å². The highest BCUT2D eigenvalue weighted by molar-refractivity contribution is 6.35. The minimum Gasteiger partial charge on any atom is -0.343 e. The van der Waals surface area contributed by atoms with E-state index in [0.29, 0.717) is 35.2 Å². The van der Waals surface area contributed by atoms with Crippen molar-refractivity contribution in [2.75, 3.05) is 42.9 Å². The third-order valence-corrected chi connectivity index (χ3v) is 7.73. The van der Waals surface area contributed by atoms with E-state index in [0.717, 1.165) is 61.8 Å². The molecule has 2 atom stereocenters. The number of amides is 1. The largest absolute Gasteiger partial charge is 0.343 e. The minimum atomic E-state index is 0.376. The standard InChI is InChI=1S/C28H37Cl2N5O/c1-21-19-33(17-14-31-21)28-6-4-3-5-15-35(28)22(2)32-25-9-11-26(12-10-25)34(20-36)16-13-23-7-8-24(29)18-27(23)30/h7-12,18,20-21,28,31-32H,2-6,13-17,19H2,1H3/t21-,28?/m0/s1. The minimum absolute atomic E-state index is 0.376. The summed E-state index contributed by atoms with van der Waals surface area (Å²) in [6.45, 7) is 11.4. The molecule has 0 aliphatic carbocycles. The van der Waals surface area contributed by atoms with Crippen LogP contribution in [0.4, 0.5) is 11.4 Å². The van der Waals surface area contributed by atoms with Gasteiger partial charge in [-0.3, -0.25) is 9.69 Å². The van der Waals surface area contributed by atoms with Crippen molar-refractivity contribution in [3.05, 3.63) is 70.5 Å². The lowest BCUT2D eigenvalue weighted by Gasteiger charge is -2.44. The van der Waals surface area contributed by atoms with Crippen LogP contribution in [0.15, 0.2) is 54.9 Å². The molecule has 0 aromatic heterocycles. The molecule has 0 spiro atoms. The molecule has 2 aliphatic rings. The molecule has 8 heteroatoms. The highest BCUT2D eigenvalue weighted by atomic mass is 35.5. The van der Waals surface area contributed by atoms with Gasteiger partial charge >= 0.3 is 0 Å². The molecule has 2 N–H and O–H groups in total. The van der Waals surface area contributed by atoms with E-state index in [2.05, 4.69) is 33.9 Å². The summed E-state index contributed by atoms with van der Waals surface area (Å²) in [5.41, 5.74) is 2.77. The number of nitrogens with one attached hydrogen (secondary N) is 2. The van der Waals surface area contributed by atoms with Crippen LogP contribution in [0.1, 0.15) is 38.2 Å². The van der Waals surface area contributed by atoms with Crippen molar-refractivity contribution in [2.45, 2.75) is 51.2 Å². The van der Waals surface area contributed by atoms with Gasteiger partial charge in [-0.25, -0.2) is 0 Å². The molecule has 2 heterocycles. The van der Waals surface area contributed by atoms with Gasteiger partial charge in [0.1, 0.15) is 0 Å². The van der Waals surface area contributed by atoms with Crippen LogP contribution in [0.5, 0.6) is 0 Å². The van der Waals surface area contributed by atoms with Gasteiger partial charge in [-0.1, -0.05) is 42.3 Å². The first-order valence-corrected chi connectivity index (χ1v) is 13.7. The van der Waals surface area contributed by atoms with E-state index in [1.54, 1.807) is 11.0 Å². The summed E-state index contributed by atoms with van der Waals surface area (Å²) in [4.78, 5) is 18.6. The van der Waals surface area contributed by atoms with Gasteiger partial charge in [0, 0.05) is 60.2 Å². The predicted molar refractivity (Wildman–Crippen MR) is 151 cm³/mol. The second-order valence-electron chi connectivity index (χ2n) is 9.78. The number of rotatable bonds is 9. The maximum Gasteiger partial charge on any atom is 0.214 e. The summed E-state index contributed by atoms with van der Waals surface area (Å²) in [5.74, 6) is 0.936. The van der Waals surface area contributed by atoms with Crippen molar-refractivity contribution >= 4 is 41.0 Å². The first kappa shape index (κ1) is 26.8. The second-order valence-corrected chi connectivity index (χ2v) is 10.6. The third kappa shape index (κ3) is 6.94. The lowest BCUT2D eigenvalue weighted by molar-refractivity contribution is -0.107. The van der Waals surface area contributed by atoms with E-state index in [-0.39, 0.29) is 0 Å². The van der Waals surface area contributed by atoms with Gasteiger partial charge in [-0.15, -0.1) is 0 Å². The van der Waals surface area contributed by atoms with Gasteiger partial charge in [0.25, 0.3) is 0 Å². The topological polar surface area (TPSA) is 50.9 Å². The average Bonchev–Trinajstić information content (AvgIpc) is 3.13. The number of anilines is 2. The Bertz CT molecular complexity index is 1030. The maximum absolute atomic E-state index is 11.8. The van der Waals surface area contributed by atoms with Crippen molar-refractivity contribution < 1.29 is 4.79 Å². The molecule has 0 radical (unpaired) electrons. The number of carbonyl (C=O) groups excluding carboxylic acids is 1. The van der Waals surface area contributed by atoms with Crippen LogP contribution >= 0.6 is 23.2 Å². The van der Waals surface area contributed by atoms with E-state index >= 15 is 0 Å². The molecule has 0 saturated carbocycles. The quantitative estimate of drug-likeness (QED) is 0.415. The fourth-order valence-corrected chi connectivity index (χ4v) is 5.70. The molecular formula is C28H37Cl2N5O. The van der Waals surface area contributed by atoms with Gasteiger partial charge in [0.05, 0.1) is 12.0 Å². The molecule has 1 unspecified atom stereocenters. The lowest BCUT2D eigenvalue weighted by atomic mass is 10.1. The number of hydrogen-bond donors (Lipinski definition) is 2. The van der Waals surface area contributed by atoms with Crippen LogP contribution in [-0.4, -0.2) is 61.1 Å². The van der Waals surface area contributed by atoms with Crippen molar-refractivity contribution in [1.82, 2.24) is 15.1 Å². The fourth-order valence-electron chi connectivity index (χ4n) is 5.20. The van der Waals surface area contributed by atoms with Crippen LogP contribution in [0.25, 0.3) is 0 Å². The molecule has 2 saturated heterocycles. The van der Waals surface area contributed by atoms with Crippen LogP contribution < -0.4 is 15.5 Å². The maximum atomic E-state index is 11.8. The summed E-state index contributed by atoms with van der Waals surface area (Å²) in [6.07, 6.45) is 6.75. The number of likely N-dealkylation sites (tertiary alicyclic amines) is 1. The Labute approximate surface area is 225 Å². The van der Waals surface area contributed by atoms with Crippen LogP contribution in [-0.2, 0) is 11.2 Å². The Kier molecular flexibility index (Phi) is 9.54. The number of piperazine rings is 1. The Hall–Kier alpha value is -2.25. The van der Waals surface area contributed by atoms with Crippen molar-refractivity contribution in [2.24, 2.45) is 0 Å². The molecule has 2 aromatic carbocycles. The number of nitrogens with zero attached hydrogens (tertiary/aromatic N) is 3. The molecule has 1 amide bonds. The van der Waals surface area contributed by atoms with E-state index in [9.17, 15) is 4.79 Å². The lowest BCUT2D eigenvalue weighted by Crippen LogP contribution is -2.57. The number of carbonyl (C=O) groups is 1. The molecule has 194 valence electrons. The SMILES string of the molecule is C=C(Nc1ccc(N(C=O)CCc2ccc(Cl)cc2Cl)cc1)N1CCCCCC1N1CCN[C@@H](C)C1. The number of benzene rings is 2. The number of halogens is 2. The highest BCUT2D eigenvalue weighted by Crippen LogP contribution is 2.27. The number of hydrogen-bond acceptors (Lipinski definition) is 5. The summed E-state index contributed by atoms with van der Waals surface area (Å²) in [5, 5.41) is 8.31. The molecule has 0 bridgehead atoms. The molecular weight excluding hydrogens is 493 g/mol. The zero-order chi connectivity index (χ0) is 25.5. The molecule has 2 fully saturated rings. The highest BCUT2D eigenvalue weighted by Gasteiger charge is 2.30. The molecule has 2 aliphatic heterocycles. The molecule has 6 nitrogen and oxygen atoms in total. The van der Waals surface area contributed by atoms with Gasteiger partial charge in [0.2, 0.25) is 6.41 Å². The Morgan fingerprint density at radius 3 is 2.69 bits per heavy atom. The average molecular weight is 531 g/mol. The van der Waals surface area contributed by atoms with Crippen molar-refractivity contribution in [3.8, 4) is 0 Å². The molecule has 2 aromatic rings. The van der Waals surface area contributed by atoms with Crippen LogP contribution in [0.3, 0.4) is 0 Å². The van der Waals surface area contributed by atoms with Crippen LogP contribution in [0, 0.1) is 0 Å². The summed E-state index contributed by atoms with van der Waals surface area (Å²) < 4.78 is 0. The van der Waals surface area contributed by atoms with Crippen LogP contribution in [0.2, 0.25) is 10.0 Å². The van der Waals surface area contributed by atoms with Crippen molar-refractivity contribution in [1.29, 1.82) is 0 Å². The fraction of sp³-hybridized carbons (Fsp3) is 0.464. The Morgan fingerprint density at radius 2 is 1.97 bits per heavy atom. The zero-order valence-electron chi connectivity index (χ0n) is 21.1. The predicted octanol–water partition coefficient (Wildman–Crippen LogP) is 5.58. The van der Waals surface area contributed by atoms with Gasteiger partial charge < -0.3 is 20.4 Å².